The number of amides is 1. The van der Waals surface area contributed by atoms with Crippen LogP contribution in [0.3, 0.4) is 0 Å². The lowest BCUT2D eigenvalue weighted by molar-refractivity contribution is -0.140. The summed E-state index contributed by atoms with van der Waals surface area (Å²) in [5.41, 5.74) is 0. The molecule has 0 aliphatic carbocycles. The van der Waals surface area contributed by atoms with Crippen molar-refractivity contribution in [2.45, 2.75) is 24.6 Å². The highest BCUT2D eigenvalue weighted by atomic mass is 32.2. The maximum absolute atomic E-state index is 11.1. The lowest BCUT2D eigenvalue weighted by Crippen LogP contribution is -2.44. The molecule has 0 aromatic heterocycles. The Morgan fingerprint density at radius 2 is 2.15 bits per heavy atom. The Bertz CT molecular complexity index is 252. The van der Waals surface area contributed by atoms with Crippen LogP contribution in [0, 0.1) is 0 Å². The SMILES string of the molecule is CC1(C)SCN(C(=O)C=O)C1C=O. The molecule has 5 heteroatoms. The topological polar surface area (TPSA) is 54.5 Å². The average molecular weight is 201 g/mol. The van der Waals surface area contributed by atoms with Crippen molar-refractivity contribution in [2.75, 3.05) is 5.88 Å². The number of hydrogen-bond donors (Lipinski definition) is 0. The van der Waals surface area contributed by atoms with E-state index in [0.29, 0.717) is 5.88 Å². The molecular weight excluding hydrogens is 190 g/mol. The zero-order valence-corrected chi connectivity index (χ0v) is 8.34. The van der Waals surface area contributed by atoms with E-state index in [9.17, 15) is 14.4 Å². The van der Waals surface area contributed by atoms with E-state index in [1.807, 2.05) is 13.8 Å². The molecule has 13 heavy (non-hydrogen) atoms. The first-order valence-corrected chi connectivity index (χ1v) is 4.86. The number of nitrogens with zero attached hydrogens (tertiary/aromatic N) is 1. The van der Waals surface area contributed by atoms with Gasteiger partial charge in [-0.15, -0.1) is 11.8 Å². The van der Waals surface area contributed by atoms with E-state index in [0.717, 1.165) is 6.29 Å². The van der Waals surface area contributed by atoms with Crippen LogP contribution in [0.15, 0.2) is 0 Å². The first kappa shape index (κ1) is 10.2. The number of aldehydes is 2. The Kier molecular flexibility index (Phi) is 2.75. The van der Waals surface area contributed by atoms with Gasteiger partial charge in [0, 0.05) is 4.75 Å². The number of hydrogen-bond acceptors (Lipinski definition) is 4. The fraction of sp³-hybridized carbons (Fsp3) is 0.625. The van der Waals surface area contributed by atoms with Gasteiger partial charge in [0.25, 0.3) is 5.91 Å². The second kappa shape index (κ2) is 3.49. The molecule has 0 saturated carbocycles. The third kappa shape index (κ3) is 1.75. The molecule has 0 bridgehead atoms. The highest BCUT2D eigenvalue weighted by molar-refractivity contribution is 8.00. The van der Waals surface area contributed by atoms with Crippen molar-refractivity contribution >= 4 is 30.2 Å². The number of rotatable bonds is 2. The molecule has 0 N–H and O–H groups in total. The fourth-order valence-corrected chi connectivity index (χ4v) is 2.40. The maximum atomic E-state index is 11.1. The normalized spacial score (nSPS) is 25.7. The van der Waals surface area contributed by atoms with Crippen LogP contribution in [0.4, 0.5) is 0 Å². The van der Waals surface area contributed by atoms with E-state index in [1.165, 1.54) is 16.7 Å². The van der Waals surface area contributed by atoms with Crippen molar-refractivity contribution in [1.82, 2.24) is 4.90 Å². The molecule has 0 aromatic carbocycles. The van der Waals surface area contributed by atoms with Crippen molar-refractivity contribution in [3.8, 4) is 0 Å². The van der Waals surface area contributed by atoms with Crippen molar-refractivity contribution in [1.29, 1.82) is 0 Å². The molecule has 72 valence electrons. The van der Waals surface area contributed by atoms with Crippen molar-refractivity contribution in [3.63, 3.8) is 0 Å². The molecule has 1 rings (SSSR count). The predicted molar refractivity (Wildman–Crippen MR) is 49.3 cm³/mol. The molecule has 0 radical (unpaired) electrons. The second-order valence-corrected chi connectivity index (χ2v) is 4.98. The Labute approximate surface area is 80.7 Å². The summed E-state index contributed by atoms with van der Waals surface area (Å²) in [6, 6.07) is -0.491. The largest absolute Gasteiger partial charge is 0.316 e. The highest BCUT2D eigenvalue weighted by Gasteiger charge is 2.43. The van der Waals surface area contributed by atoms with Crippen LogP contribution in [0.25, 0.3) is 0 Å². The van der Waals surface area contributed by atoms with Crippen LogP contribution in [0.2, 0.25) is 0 Å². The quantitative estimate of drug-likeness (QED) is 0.468. The Hall–Kier alpha value is -0.840. The summed E-state index contributed by atoms with van der Waals surface area (Å²) in [6.45, 7) is 3.77. The standard InChI is InChI=1S/C8H11NO3S/c1-8(2)6(3-10)9(5-13-8)7(12)4-11/h3-4,6H,5H2,1-2H3. The molecule has 0 spiro atoms. The van der Waals surface area contributed by atoms with Crippen LogP contribution in [-0.2, 0) is 14.4 Å². The molecular formula is C8H11NO3S. The second-order valence-electron chi connectivity index (χ2n) is 3.38. The minimum absolute atomic E-state index is 0.248. The van der Waals surface area contributed by atoms with E-state index in [4.69, 9.17) is 0 Å². The van der Waals surface area contributed by atoms with Gasteiger partial charge in [-0.1, -0.05) is 0 Å². The van der Waals surface area contributed by atoms with Gasteiger partial charge in [0.15, 0.2) is 0 Å². The van der Waals surface area contributed by atoms with Gasteiger partial charge >= 0.3 is 0 Å². The predicted octanol–water partition coefficient (Wildman–Crippen LogP) is 0.0643. The zero-order valence-electron chi connectivity index (χ0n) is 7.52. The summed E-state index contributed by atoms with van der Waals surface area (Å²) in [5.74, 6) is -0.205. The van der Waals surface area contributed by atoms with E-state index < -0.39 is 11.9 Å². The van der Waals surface area contributed by atoms with Gasteiger partial charge in [0.2, 0.25) is 6.29 Å². The van der Waals surface area contributed by atoms with E-state index >= 15 is 0 Å². The van der Waals surface area contributed by atoms with Crippen LogP contribution >= 0.6 is 11.8 Å². The molecule has 1 fully saturated rings. The first-order chi connectivity index (χ1) is 6.03. The molecule has 1 aliphatic heterocycles. The summed E-state index contributed by atoms with van der Waals surface area (Å²) in [5, 5.41) is 0. The highest BCUT2D eigenvalue weighted by Crippen LogP contribution is 2.37. The number of carbonyl (C=O) groups excluding carboxylic acids is 3. The van der Waals surface area contributed by atoms with E-state index in [-0.39, 0.29) is 11.0 Å². The Morgan fingerprint density at radius 1 is 1.54 bits per heavy atom. The molecule has 1 aliphatic rings. The Balaban J connectivity index is 2.85. The molecule has 4 nitrogen and oxygen atoms in total. The van der Waals surface area contributed by atoms with Gasteiger partial charge in [-0.05, 0) is 13.8 Å². The summed E-state index contributed by atoms with van der Waals surface area (Å²) in [7, 11) is 0. The molecule has 1 heterocycles. The lowest BCUT2D eigenvalue weighted by atomic mass is 10.0. The monoisotopic (exact) mass is 201 g/mol. The van der Waals surface area contributed by atoms with Gasteiger partial charge in [-0.3, -0.25) is 9.59 Å². The first-order valence-electron chi connectivity index (χ1n) is 3.88. The summed E-state index contributed by atoms with van der Waals surface area (Å²) in [4.78, 5) is 33.3. The zero-order chi connectivity index (χ0) is 10.1. The molecule has 1 unspecified atom stereocenters. The number of carbonyl (C=O) groups is 3. The molecule has 1 saturated heterocycles. The maximum Gasteiger partial charge on any atom is 0.288 e. The average Bonchev–Trinajstić information content (AvgIpc) is 2.39. The lowest BCUT2D eigenvalue weighted by Gasteiger charge is -2.24. The van der Waals surface area contributed by atoms with E-state index in [1.54, 1.807) is 0 Å². The van der Waals surface area contributed by atoms with Gasteiger partial charge < -0.3 is 9.69 Å². The Morgan fingerprint density at radius 3 is 2.62 bits per heavy atom. The van der Waals surface area contributed by atoms with E-state index in [2.05, 4.69) is 0 Å². The summed E-state index contributed by atoms with van der Waals surface area (Å²) in [6.07, 6.45) is 0.972. The van der Waals surface area contributed by atoms with Crippen molar-refractivity contribution < 1.29 is 14.4 Å². The van der Waals surface area contributed by atoms with Gasteiger partial charge in [-0.2, -0.15) is 0 Å². The molecule has 1 amide bonds. The summed E-state index contributed by atoms with van der Waals surface area (Å²) >= 11 is 1.50. The molecule has 1 atom stereocenters. The summed E-state index contributed by atoms with van der Waals surface area (Å²) < 4.78 is -0.291. The third-order valence-corrected chi connectivity index (χ3v) is 3.53. The van der Waals surface area contributed by atoms with Crippen LogP contribution in [-0.4, -0.2) is 40.0 Å². The third-order valence-electron chi connectivity index (χ3n) is 2.14. The minimum atomic E-state index is -0.616. The van der Waals surface area contributed by atoms with Crippen LogP contribution in [0.5, 0.6) is 0 Å². The number of thioether (sulfide) groups is 1. The fourth-order valence-electron chi connectivity index (χ4n) is 1.28. The van der Waals surface area contributed by atoms with Crippen molar-refractivity contribution in [2.24, 2.45) is 0 Å². The van der Waals surface area contributed by atoms with Gasteiger partial charge in [0.1, 0.15) is 12.3 Å². The molecule has 0 aromatic rings. The van der Waals surface area contributed by atoms with Crippen molar-refractivity contribution in [3.05, 3.63) is 0 Å². The van der Waals surface area contributed by atoms with Gasteiger partial charge in [-0.25, -0.2) is 0 Å². The van der Waals surface area contributed by atoms with Crippen LogP contribution in [0.1, 0.15) is 13.8 Å². The van der Waals surface area contributed by atoms with Crippen LogP contribution < -0.4 is 0 Å². The smallest absolute Gasteiger partial charge is 0.288 e. The minimum Gasteiger partial charge on any atom is -0.316 e. The van der Waals surface area contributed by atoms with Gasteiger partial charge in [0.05, 0.1) is 5.88 Å².